The van der Waals surface area contributed by atoms with Gasteiger partial charge in [-0.15, -0.1) is 0 Å². The molecule has 4 aromatic heterocycles. The van der Waals surface area contributed by atoms with Gasteiger partial charge in [-0.05, 0) is 105 Å². The molecule has 6 heterocycles. The highest BCUT2D eigenvalue weighted by molar-refractivity contribution is 7.97. The molecule has 364 valence electrons. The quantitative estimate of drug-likeness (QED) is 0.0470. The van der Waals surface area contributed by atoms with Gasteiger partial charge in [0.1, 0.15) is 33.9 Å². The lowest BCUT2D eigenvalue weighted by atomic mass is 10.0. The topological polar surface area (TPSA) is 168 Å². The van der Waals surface area contributed by atoms with E-state index in [2.05, 4.69) is 115 Å². The van der Waals surface area contributed by atoms with Gasteiger partial charge in [-0.2, -0.15) is 24.4 Å². The number of thiol groups is 1. The lowest BCUT2D eigenvalue weighted by Gasteiger charge is -2.20. The molecule has 2 aliphatic rings. The van der Waals surface area contributed by atoms with E-state index < -0.39 is 0 Å². The van der Waals surface area contributed by atoms with E-state index in [0.717, 1.165) is 97.5 Å². The Labute approximate surface area is 426 Å². The van der Waals surface area contributed by atoms with Crippen LogP contribution >= 0.6 is 45.4 Å². The van der Waals surface area contributed by atoms with Crippen molar-refractivity contribution >= 4 is 84.8 Å². The Kier molecular flexibility index (Phi) is 19.6. The summed E-state index contributed by atoms with van der Waals surface area (Å²) in [6, 6.07) is 32.2. The highest BCUT2D eigenvalue weighted by Gasteiger charge is 2.29. The minimum atomic E-state index is -0.150. The summed E-state index contributed by atoms with van der Waals surface area (Å²) >= 11 is 11.1. The first-order valence-electron chi connectivity index (χ1n) is 22.4. The molecule has 2 atom stereocenters. The van der Waals surface area contributed by atoms with Gasteiger partial charge in [0, 0.05) is 33.8 Å². The van der Waals surface area contributed by atoms with Gasteiger partial charge in [0.15, 0.2) is 12.1 Å². The van der Waals surface area contributed by atoms with E-state index in [9.17, 15) is 9.59 Å². The van der Waals surface area contributed by atoms with Crippen molar-refractivity contribution in [3.8, 4) is 45.1 Å². The number of likely N-dealkylation sites (tertiary alicyclic amines) is 1. The minimum absolute atomic E-state index is 0.150. The molecule has 0 radical (unpaired) electrons. The van der Waals surface area contributed by atoms with Crippen molar-refractivity contribution < 1.29 is 19.1 Å². The molecule has 4 aromatic carbocycles. The summed E-state index contributed by atoms with van der Waals surface area (Å²) in [4.78, 5) is 53.9. The molecular weight excluding hydrogens is 957 g/mol. The number of methoxy groups -OCH3 is 2. The summed E-state index contributed by atoms with van der Waals surface area (Å²) in [5.41, 5.74) is 13.0. The predicted octanol–water partition coefficient (Wildman–Crippen LogP) is 11.6. The number of H-pyrrole nitrogens is 2. The number of nitrogens with two attached hydrogens (primary N) is 1. The van der Waals surface area contributed by atoms with Crippen LogP contribution in [0.15, 0.2) is 116 Å². The largest absolute Gasteiger partial charge is 0.496 e. The Morgan fingerprint density at radius 2 is 1.36 bits per heavy atom. The molecule has 1 saturated heterocycles. The number of pyridine rings is 2. The van der Waals surface area contributed by atoms with Crippen LogP contribution in [-0.2, 0) is 0 Å². The van der Waals surface area contributed by atoms with Crippen molar-refractivity contribution in [1.82, 2.24) is 39.7 Å². The molecule has 70 heavy (non-hydrogen) atoms. The second kappa shape index (κ2) is 25.7. The number of fused-ring (bicyclic) bond motifs is 2. The molecule has 2 unspecified atom stereocenters. The zero-order valence-electron chi connectivity index (χ0n) is 40.4. The SMILES string of the molecule is COc1cccc2c(C(=O)N3CCC=C3c3ncc(-c4ccc(-c5ccc(-c6cnc(C7CCCN7C)[nH]6)cc5)cc4)[nH]3)nc(C)cc12.COc1cccc2c(C=O)nc(Cl)cc12.CS.CSC.NP. The fraction of sp³-hybridized carbons (Fsp3) is 0.245. The average Bonchev–Trinajstić information content (AvgIpc) is 4.26. The molecule has 8 aromatic rings. The normalized spacial score (nSPS) is 14.0. The van der Waals surface area contributed by atoms with Crippen LogP contribution in [0.3, 0.4) is 0 Å². The lowest BCUT2D eigenvalue weighted by Crippen LogP contribution is -2.28. The first-order valence-corrected chi connectivity index (χ1v) is 26.0. The van der Waals surface area contributed by atoms with Crippen molar-refractivity contribution in [2.75, 3.05) is 53.1 Å². The number of rotatable bonds is 9. The zero-order chi connectivity index (χ0) is 50.3. The molecule has 0 aliphatic carbocycles. The Balaban J connectivity index is 0.000000305. The number of halogens is 1. The number of amides is 1. The number of nitrogens with one attached hydrogen (secondary N) is 2. The maximum absolute atomic E-state index is 13.9. The molecule has 10 rings (SSSR count). The van der Waals surface area contributed by atoms with Crippen LogP contribution in [0.2, 0.25) is 5.15 Å². The number of aldehydes is 1. The third kappa shape index (κ3) is 12.1. The fourth-order valence-corrected chi connectivity index (χ4v) is 8.74. The minimum Gasteiger partial charge on any atom is -0.496 e. The van der Waals surface area contributed by atoms with E-state index in [1.165, 1.54) is 6.42 Å². The van der Waals surface area contributed by atoms with Gasteiger partial charge in [-0.25, -0.2) is 19.9 Å². The van der Waals surface area contributed by atoms with Gasteiger partial charge in [0.25, 0.3) is 5.91 Å². The monoisotopic (exact) mass is 1020 g/mol. The van der Waals surface area contributed by atoms with E-state index in [4.69, 9.17) is 21.1 Å². The molecule has 1 amide bonds. The number of benzene rings is 4. The number of carbonyl (C=O) groups excluding carboxylic acids is 2. The number of imidazole rings is 2. The van der Waals surface area contributed by atoms with Gasteiger partial charge in [0.2, 0.25) is 0 Å². The van der Waals surface area contributed by atoms with Gasteiger partial charge < -0.3 is 29.8 Å². The van der Waals surface area contributed by atoms with Crippen LogP contribution in [0.1, 0.15) is 63.6 Å². The van der Waals surface area contributed by atoms with Crippen molar-refractivity contribution in [2.45, 2.75) is 32.2 Å². The number of hydrogen-bond donors (Lipinski definition) is 4. The van der Waals surface area contributed by atoms with Crippen molar-refractivity contribution in [1.29, 1.82) is 0 Å². The summed E-state index contributed by atoms with van der Waals surface area (Å²) in [6.07, 6.45) is 15.4. The number of aromatic amines is 2. The van der Waals surface area contributed by atoms with E-state index in [-0.39, 0.29) is 11.1 Å². The van der Waals surface area contributed by atoms with Crippen LogP contribution in [-0.4, -0.2) is 105 Å². The number of thioether (sulfide) groups is 1. The molecule has 0 bridgehead atoms. The van der Waals surface area contributed by atoms with Gasteiger partial charge in [-0.3, -0.25) is 14.5 Å². The average molecular weight is 1020 g/mol. The van der Waals surface area contributed by atoms with E-state index >= 15 is 0 Å². The molecule has 0 spiro atoms. The standard InChI is InChI=1S/C39H37N7O2.C11H8ClNO2.C2H6S.CH4S.H4NP/c1-24-21-30-29(7-4-10-35(30)48-3)36(42-24)39(47)46-20-6-9-34(46)38-41-23-32(44-38)28-17-13-26(14-18-28)25-11-15-27(16-12-25)31-22-40-37(43-31)33-8-5-19-45(33)2;1-15-10-4-2-3-7-8(10)5-11(12)13-9(7)6-14;1-3-2;2*1-2/h4,7,9-18,21-23,33H,5-6,8,19-20H2,1-3H3,(H,40,43)(H,41,44);2-6H,1H3;1-2H3;2H,1H3;1-2H2. The highest BCUT2D eigenvalue weighted by Crippen LogP contribution is 2.34. The van der Waals surface area contributed by atoms with Crippen molar-refractivity contribution in [2.24, 2.45) is 5.50 Å². The van der Waals surface area contributed by atoms with Crippen LogP contribution < -0.4 is 15.0 Å². The predicted molar refractivity (Wildman–Crippen MR) is 295 cm³/mol. The maximum Gasteiger partial charge on any atom is 0.277 e. The molecule has 0 saturated carbocycles. The molecule has 1 fully saturated rings. The van der Waals surface area contributed by atoms with Crippen LogP contribution in [0.5, 0.6) is 11.5 Å². The maximum atomic E-state index is 13.9. The van der Waals surface area contributed by atoms with Gasteiger partial charge in [0.05, 0.1) is 49.7 Å². The Hall–Kier alpha value is -6.06. The Morgan fingerprint density at radius 3 is 1.93 bits per heavy atom. The molecule has 13 nitrogen and oxygen atoms in total. The summed E-state index contributed by atoms with van der Waals surface area (Å²) in [5.74, 6) is 2.96. The van der Waals surface area contributed by atoms with E-state index in [0.29, 0.717) is 41.8 Å². The van der Waals surface area contributed by atoms with Crippen LogP contribution in [0.25, 0.3) is 60.9 Å². The van der Waals surface area contributed by atoms with Crippen LogP contribution in [0, 0.1) is 6.92 Å². The van der Waals surface area contributed by atoms with Crippen molar-refractivity contribution in [3.05, 3.63) is 149 Å². The fourth-order valence-electron chi connectivity index (χ4n) is 8.54. The third-order valence-corrected chi connectivity index (χ3v) is 11.9. The van der Waals surface area contributed by atoms with Crippen LogP contribution in [0.4, 0.5) is 0 Å². The number of nitrogens with zero attached hydrogens (tertiary/aromatic N) is 6. The highest BCUT2D eigenvalue weighted by atomic mass is 35.5. The smallest absolute Gasteiger partial charge is 0.277 e. The second-order valence-electron chi connectivity index (χ2n) is 16.0. The summed E-state index contributed by atoms with van der Waals surface area (Å²) in [6.45, 7) is 3.58. The van der Waals surface area contributed by atoms with E-state index in [1.807, 2.05) is 83.7 Å². The molecule has 4 N–H and O–H groups in total. The third-order valence-electron chi connectivity index (χ3n) is 11.8. The number of carbonyl (C=O) groups is 2. The number of aryl methyl sites for hydroxylation is 1. The molecule has 2 aliphatic heterocycles. The number of ether oxygens (including phenoxy) is 2. The first-order chi connectivity index (χ1) is 34.1. The Morgan fingerprint density at radius 1 is 0.800 bits per heavy atom. The van der Waals surface area contributed by atoms with Crippen molar-refractivity contribution in [3.63, 3.8) is 0 Å². The summed E-state index contributed by atoms with van der Waals surface area (Å²) < 4.78 is 10.7. The number of aromatic nitrogens is 6. The zero-order valence-corrected chi connectivity index (χ0v) is 44.0. The summed E-state index contributed by atoms with van der Waals surface area (Å²) in [7, 11) is 7.29. The molecule has 17 heteroatoms. The number of hydrogen-bond acceptors (Lipinski definition) is 12. The lowest BCUT2D eigenvalue weighted by molar-refractivity contribution is 0.0840. The van der Waals surface area contributed by atoms with Gasteiger partial charge in [-0.1, -0.05) is 99.9 Å². The second-order valence-corrected chi connectivity index (χ2v) is 17.2. The van der Waals surface area contributed by atoms with E-state index in [1.54, 1.807) is 43.2 Å². The first kappa shape index (κ1) is 53.3. The molecular formula is C53H59ClN9O4PS2. The Bertz CT molecular complexity index is 3060. The van der Waals surface area contributed by atoms with Gasteiger partial charge >= 0.3 is 0 Å². The summed E-state index contributed by atoms with van der Waals surface area (Å²) in [5, 5.41) is 3.47.